The lowest BCUT2D eigenvalue weighted by molar-refractivity contribution is -0.148. The summed E-state index contributed by atoms with van der Waals surface area (Å²) in [5, 5.41) is 0.729. The maximum Gasteiger partial charge on any atom is 0.310 e. The molecule has 4 fully saturated rings. The summed E-state index contributed by atoms with van der Waals surface area (Å²) in [7, 11) is 0. The smallest absolute Gasteiger partial charge is 0.310 e. The Morgan fingerprint density at radius 3 is 2.72 bits per heavy atom. The maximum absolute atomic E-state index is 13.1. The van der Waals surface area contributed by atoms with Crippen molar-refractivity contribution in [2.24, 2.45) is 23.7 Å². The molecule has 5 nitrogen and oxygen atoms in total. The van der Waals surface area contributed by atoms with Crippen molar-refractivity contribution in [3.63, 3.8) is 0 Å². The lowest BCUT2D eigenvalue weighted by Crippen LogP contribution is -2.52. The van der Waals surface area contributed by atoms with Gasteiger partial charge in [0.2, 0.25) is 5.91 Å². The molecule has 1 amide bonds. The van der Waals surface area contributed by atoms with Crippen LogP contribution in [0, 0.1) is 23.7 Å². The number of hydrogen-bond acceptors (Lipinski definition) is 4. The zero-order chi connectivity index (χ0) is 17.1. The van der Waals surface area contributed by atoms with Gasteiger partial charge in [0.1, 0.15) is 6.10 Å². The first-order valence-electron chi connectivity index (χ1n) is 9.11. The summed E-state index contributed by atoms with van der Waals surface area (Å²) in [5.74, 6) is 0.340. The zero-order valence-electron chi connectivity index (χ0n) is 13.9. The van der Waals surface area contributed by atoms with E-state index in [9.17, 15) is 9.59 Å². The van der Waals surface area contributed by atoms with Crippen LogP contribution in [0.5, 0.6) is 0 Å². The van der Waals surface area contributed by atoms with E-state index in [-0.39, 0.29) is 29.8 Å². The first kappa shape index (κ1) is 15.5. The average Bonchev–Trinajstić information content (AvgIpc) is 3.23. The molecule has 5 rings (SSSR count). The van der Waals surface area contributed by atoms with Crippen LogP contribution in [0.15, 0.2) is 24.3 Å². The standard InChI is InChI=1S/C19H21ClN2O3/c20-12-2-1-3-13(10-12)21-4-6-22(7-5-21)18(23)16-11-8-14-15(9-11)25-19(24)17(14)16/h1-3,10-11,14-17H,4-9H2/t11-,14+,15-,16+,17-/m1/s1. The summed E-state index contributed by atoms with van der Waals surface area (Å²) < 4.78 is 5.46. The molecule has 2 aliphatic carbocycles. The van der Waals surface area contributed by atoms with Gasteiger partial charge in [-0.1, -0.05) is 17.7 Å². The fourth-order valence-electron chi connectivity index (χ4n) is 5.41. The van der Waals surface area contributed by atoms with Gasteiger partial charge in [0.05, 0.1) is 11.8 Å². The zero-order valence-corrected chi connectivity index (χ0v) is 14.7. The molecular formula is C19H21ClN2O3. The number of ether oxygens (including phenoxy) is 1. The molecule has 2 aliphatic heterocycles. The molecule has 2 bridgehead atoms. The van der Waals surface area contributed by atoms with Gasteiger partial charge in [0.25, 0.3) is 0 Å². The Morgan fingerprint density at radius 1 is 1.16 bits per heavy atom. The van der Waals surface area contributed by atoms with Crippen molar-refractivity contribution >= 4 is 29.2 Å². The Bertz CT molecular complexity index is 729. The molecule has 2 heterocycles. The molecule has 0 spiro atoms. The molecule has 25 heavy (non-hydrogen) atoms. The number of benzene rings is 1. The monoisotopic (exact) mass is 360 g/mol. The van der Waals surface area contributed by atoms with Crippen molar-refractivity contribution in [2.75, 3.05) is 31.1 Å². The van der Waals surface area contributed by atoms with E-state index in [1.54, 1.807) is 0 Å². The molecule has 4 aliphatic rings. The van der Waals surface area contributed by atoms with Gasteiger partial charge < -0.3 is 14.5 Å². The van der Waals surface area contributed by atoms with E-state index in [2.05, 4.69) is 4.90 Å². The SMILES string of the molecule is O=C1O[C@@H]2C[C@H]3C[C@@H]2[C@@H]1[C@H]3C(=O)N1CCN(c2cccc(Cl)c2)CC1. The molecule has 2 saturated carbocycles. The fraction of sp³-hybridized carbons (Fsp3) is 0.579. The highest BCUT2D eigenvalue weighted by Crippen LogP contribution is 2.58. The van der Waals surface area contributed by atoms with E-state index in [0.717, 1.165) is 36.6 Å². The number of anilines is 1. The van der Waals surface area contributed by atoms with Crippen LogP contribution in [-0.2, 0) is 14.3 Å². The van der Waals surface area contributed by atoms with E-state index >= 15 is 0 Å². The number of amides is 1. The number of carbonyl (C=O) groups excluding carboxylic acids is 2. The second-order valence-corrected chi connectivity index (χ2v) is 8.15. The third-order valence-electron chi connectivity index (χ3n) is 6.53. The topological polar surface area (TPSA) is 49.9 Å². The Morgan fingerprint density at radius 2 is 1.96 bits per heavy atom. The summed E-state index contributed by atoms with van der Waals surface area (Å²) in [6, 6.07) is 7.83. The Kier molecular flexibility index (Phi) is 3.49. The largest absolute Gasteiger partial charge is 0.462 e. The van der Waals surface area contributed by atoms with Crippen LogP contribution in [0.2, 0.25) is 5.02 Å². The fourth-order valence-corrected chi connectivity index (χ4v) is 5.59. The molecular weight excluding hydrogens is 340 g/mol. The quantitative estimate of drug-likeness (QED) is 0.759. The predicted molar refractivity (Wildman–Crippen MR) is 93.3 cm³/mol. The minimum absolute atomic E-state index is 0.0891. The number of fused-ring (bicyclic) bond motifs is 1. The molecule has 0 radical (unpaired) electrons. The van der Waals surface area contributed by atoms with Crippen molar-refractivity contribution < 1.29 is 14.3 Å². The van der Waals surface area contributed by atoms with E-state index in [0.29, 0.717) is 24.9 Å². The number of nitrogens with zero attached hydrogens (tertiary/aromatic N) is 2. The van der Waals surface area contributed by atoms with Crippen molar-refractivity contribution in [1.29, 1.82) is 0 Å². The second-order valence-electron chi connectivity index (χ2n) is 7.71. The van der Waals surface area contributed by atoms with Crippen LogP contribution in [0.4, 0.5) is 5.69 Å². The number of halogens is 1. The van der Waals surface area contributed by atoms with Gasteiger partial charge in [-0.25, -0.2) is 0 Å². The summed E-state index contributed by atoms with van der Waals surface area (Å²) in [6.45, 7) is 2.99. The summed E-state index contributed by atoms with van der Waals surface area (Å²) >= 11 is 6.08. The second kappa shape index (κ2) is 5.63. The summed E-state index contributed by atoms with van der Waals surface area (Å²) in [6.07, 6.45) is 1.96. The molecule has 1 aromatic rings. The minimum Gasteiger partial charge on any atom is -0.462 e. The van der Waals surface area contributed by atoms with E-state index in [1.807, 2.05) is 29.2 Å². The number of rotatable bonds is 2. The molecule has 0 unspecified atom stereocenters. The third-order valence-corrected chi connectivity index (χ3v) is 6.77. The van der Waals surface area contributed by atoms with Crippen molar-refractivity contribution in [2.45, 2.75) is 18.9 Å². The summed E-state index contributed by atoms with van der Waals surface area (Å²) in [4.78, 5) is 29.5. The van der Waals surface area contributed by atoms with Gasteiger partial charge in [-0.2, -0.15) is 0 Å². The highest BCUT2D eigenvalue weighted by Gasteiger charge is 2.64. The van der Waals surface area contributed by atoms with Gasteiger partial charge in [-0.05, 0) is 37.0 Å². The van der Waals surface area contributed by atoms with Crippen molar-refractivity contribution in [1.82, 2.24) is 4.90 Å². The van der Waals surface area contributed by atoms with E-state index in [1.165, 1.54) is 0 Å². The highest BCUT2D eigenvalue weighted by molar-refractivity contribution is 6.30. The molecule has 0 N–H and O–H groups in total. The molecule has 5 atom stereocenters. The highest BCUT2D eigenvalue weighted by atomic mass is 35.5. The number of piperazine rings is 1. The van der Waals surface area contributed by atoms with E-state index in [4.69, 9.17) is 16.3 Å². The average molecular weight is 361 g/mol. The van der Waals surface area contributed by atoms with Crippen LogP contribution in [-0.4, -0.2) is 49.1 Å². The first-order chi connectivity index (χ1) is 12.1. The van der Waals surface area contributed by atoms with Crippen LogP contribution in [0.25, 0.3) is 0 Å². The molecule has 6 heteroatoms. The Hall–Kier alpha value is -1.75. The van der Waals surface area contributed by atoms with Crippen LogP contribution < -0.4 is 4.90 Å². The van der Waals surface area contributed by atoms with Gasteiger partial charge in [0, 0.05) is 42.8 Å². The number of hydrogen-bond donors (Lipinski definition) is 0. The Balaban J connectivity index is 1.27. The molecule has 132 valence electrons. The molecule has 1 aromatic carbocycles. The maximum atomic E-state index is 13.1. The Labute approximate surface area is 151 Å². The van der Waals surface area contributed by atoms with Crippen LogP contribution in [0.1, 0.15) is 12.8 Å². The lowest BCUT2D eigenvalue weighted by Gasteiger charge is -2.38. The minimum atomic E-state index is -0.179. The predicted octanol–water partition coefficient (Wildman–Crippen LogP) is 2.19. The number of carbonyl (C=O) groups is 2. The number of esters is 1. The first-order valence-corrected chi connectivity index (χ1v) is 9.49. The summed E-state index contributed by atoms with van der Waals surface area (Å²) in [5.41, 5.74) is 1.10. The lowest BCUT2D eigenvalue weighted by atomic mass is 9.79. The normalized spacial score (nSPS) is 36.0. The molecule has 2 saturated heterocycles. The molecule has 0 aromatic heterocycles. The van der Waals surface area contributed by atoms with Crippen LogP contribution in [0.3, 0.4) is 0 Å². The van der Waals surface area contributed by atoms with Crippen molar-refractivity contribution in [3.8, 4) is 0 Å². The van der Waals surface area contributed by atoms with E-state index < -0.39 is 0 Å². The van der Waals surface area contributed by atoms with Gasteiger partial charge in [-0.3, -0.25) is 9.59 Å². The van der Waals surface area contributed by atoms with Gasteiger partial charge >= 0.3 is 5.97 Å². The van der Waals surface area contributed by atoms with Gasteiger partial charge in [0.15, 0.2) is 0 Å². The third kappa shape index (κ3) is 2.35. The van der Waals surface area contributed by atoms with Gasteiger partial charge in [-0.15, -0.1) is 0 Å². The van der Waals surface area contributed by atoms with Crippen molar-refractivity contribution in [3.05, 3.63) is 29.3 Å². The van der Waals surface area contributed by atoms with Crippen LogP contribution >= 0.6 is 11.6 Å².